The van der Waals surface area contributed by atoms with E-state index in [0.29, 0.717) is 17.4 Å². The Morgan fingerprint density at radius 1 is 0.708 bits per heavy atom. The minimum Gasteiger partial charge on any atom is -0.756 e. The molecule has 0 fully saturated rings. The third kappa shape index (κ3) is 33.0. The number of carbonyl (C=O) groups excluding carboxylic acids is 1. The average molecular weight is 697 g/mol. The van der Waals surface area contributed by atoms with Crippen LogP contribution in [0, 0.1) is 0 Å². The van der Waals surface area contributed by atoms with Crippen molar-refractivity contribution >= 4 is 13.7 Å². The number of rotatable bonds is 33. The number of nitrogens with one attached hydrogen (secondary N) is 1. The third-order valence-corrected chi connectivity index (χ3v) is 8.93. The Bertz CT molecular complexity index is 928. The van der Waals surface area contributed by atoms with Gasteiger partial charge in [0.2, 0.25) is 5.91 Å². The van der Waals surface area contributed by atoms with Crippen molar-refractivity contribution in [2.45, 2.75) is 154 Å². The van der Waals surface area contributed by atoms with Crippen molar-refractivity contribution in [1.82, 2.24) is 5.32 Å². The number of hydrogen-bond donors (Lipinski definition) is 2. The van der Waals surface area contributed by atoms with Gasteiger partial charge in [0, 0.05) is 6.42 Å². The number of aliphatic hydroxyl groups excluding tert-OH is 1. The fourth-order valence-electron chi connectivity index (χ4n) is 4.89. The van der Waals surface area contributed by atoms with E-state index in [4.69, 9.17) is 9.05 Å². The second kappa shape index (κ2) is 31.4. The maximum Gasteiger partial charge on any atom is 0.268 e. The van der Waals surface area contributed by atoms with E-state index in [1.165, 1.54) is 70.6 Å². The molecule has 0 aromatic carbocycles. The molecule has 0 bridgehead atoms. The highest BCUT2D eigenvalue weighted by atomic mass is 31.2. The lowest BCUT2D eigenvalue weighted by Gasteiger charge is -2.29. The van der Waals surface area contributed by atoms with Crippen LogP contribution in [0.25, 0.3) is 0 Å². The smallest absolute Gasteiger partial charge is 0.268 e. The van der Waals surface area contributed by atoms with Gasteiger partial charge in [0.25, 0.3) is 7.82 Å². The Balaban J connectivity index is 4.58. The van der Waals surface area contributed by atoms with Gasteiger partial charge in [-0.2, -0.15) is 0 Å². The molecule has 0 aliphatic heterocycles. The standard InChI is InChI=1S/C39H73N2O6P/c1-6-8-10-12-14-16-18-19-20-21-23-25-27-29-31-33-39(43)40-37(36-47-48(44,45)46-35-34-41(3,4)5)38(42)32-30-28-26-24-22-17-15-13-11-9-7-2/h11,13,16,18,22,24,30,32,37-38,42H,6-10,12,14-15,17,19-21,23,25-29,31,33-36H2,1-5H3,(H-,40,43,44,45)/b13-11+,18-16-,24-22+,32-30+. The molecule has 0 radical (unpaired) electrons. The molecule has 0 aliphatic rings. The summed E-state index contributed by atoms with van der Waals surface area (Å²) in [5.41, 5.74) is 0. The SMILES string of the molecule is CCC/C=C/CC/C=C/CC/C=C/C(O)C(COP(=O)([O-])OCC[N+](C)(C)C)NC(=O)CCCCCCCCC/C=C\CCCCCC. The molecule has 0 spiro atoms. The topological polar surface area (TPSA) is 108 Å². The first-order valence-corrected chi connectivity index (χ1v) is 20.5. The lowest BCUT2D eigenvalue weighted by Crippen LogP contribution is -2.45. The molecule has 0 rings (SSSR count). The summed E-state index contributed by atoms with van der Waals surface area (Å²) in [4.78, 5) is 25.1. The van der Waals surface area contributed by atoms with Gasteiger partial charge in [-0.3, -0.25) is 9.36 Å². The summed E-state index contributed by atoms with van der Waals surface area (Å²) < 4.78 is 23.0. The first-order valence-electron chi connectivity index (χ1n) is 19.0. The van der Waals surface area contributed by atoms with E-state index < -0.39 is 26.6 Å². The molecule has 1 amide bonds. The Labute approximate surface area is 295 Å². The molecule has 0 saturated carbocycles. The lowest BCUT2D eigenvalue weighted by atomic mass is 10.1. The van der Waals surface area contributed by atoms with E-state index in [1.54, 1.807) is 6.08 Å². The monoisotopic (exact) mass is 697 g/mol. The number of aliphatic hydroxyl groups is 1. The minimum atomic E-state index is -4.59. The lowest BCUT2D eigenvalue weighted by molar-refractivity contribution is -0.870. The second-order valence-corrected chi connectivity index (χ2v) is 15.3. The molecule has 3 unspecified atom stereocenters. The molecule has 3 atom stereocenters. The largest absolute Gasteiger partial charge is 0.756 e. The molecular formula is C39H73N2O6P. The van der Waals surface area contributed by atoms with Gasteiger partial charge in [0.1, 0.15) is 13.2 Å². The number of quaternary nitrogens is 1. The Morgan fingerprint density at radius 3 is 1.77 bits per heavy atom. The van der Waals surface area contributed by atoms with Gasteiger partial charge in [-0.05, 0) is 64.2 Å². The normalized spacial score (nSPS) is 15.2. The maximum absolute atomic E-state index is 12.8. The van der Waals surface area contributed by atoms with E-state index >= 15 is 0 Å². The molecule has 0 heterocycles. The van der Waals surface area contributed by atoms with Gasteiger partial charge in [-0.15, -0.1) is 0 Å². The maximum atomic E-state index is 12.8. The van der Waals surface area contributed by atoms with Crippen molar-refractivity contribution in [3.63, 3.8) is 0 Å². The molecule has 280 valence electrons. The molecule has 8 nitrogen and oxygen atoms in total. The van der Waals surface area contributed by atoms with Crippen LogP contribution in [0.3, 0.4) is 0 Å². The first kappa shape index (κ1) is 46.5. The van der Waals surface area contributed by atoms with E-state index in [1.807, 2.05) is 27.2 Å². The number of likely N-dealkylation sites (N-methyl/N-ethyl adjacent to an activating group) is 1. The van der Waals surface area contributed by atoms with Crippen LogP contribution in [0.1, 0.15) is 142 Å². The number of phosphoric acid groups is 1. The number of nitrogens with zero attached hydrogens (tertiary/aromatic N) is 1. The van der Waals surface area contributed by atoms with Crippen LogP contribution in [0.5, 0.6) is 0 Å². The van der Waals surface area contributed by atoms with Crippen LogP contribution in [-0.4, -0.2) is 68.5 Å². The minimum absolute atomic E-state index is 0.0114. The number of hydrogen-bond acceptors (Lipinski definition) is 6. The summed E-state index contributed by atoms with van der Waals surface area (Å²) >= 11 is 0. The molecule has 0 aliphatic carbocycles. The molecule has 0 saturated heterocycles. The summed E-state index contributed by atoms with van der Waals surface area (Å²) in [5, 5.41) is 13.6. The first-order chi connectivity index (χ1) is 23.0. The molecule has 0 aromatic heterocycles. The van der Waals surface area contributed by atoms with Crippen LogP contribution in [0.4, 0.5) is 0 Å². The number of phosphoric ester groups is 1. The summed E-state index contributed by atoms with van der Waals surface area (Å²) in [7, 11) is 1.22. The molecule has 9 heteroatoms. The van der Waals surface area contributed by atoms with Crippen molar-refractivity contribution in [3.05, 3.63) is 48.6 Å². The van der Waals surface area contributed by atoms with Crippen LogP contribution in [0.2, 0.25) is 0 Å². The Hall–Kier alpha value is -1.54. The number of unbranched alkanes of at least 4 members (excludes halogenated alkanes) is 14. The van der Waals surface area contributed by atoms with E-state index in [9.17, 15) is 19.4 Å². The van der Waals surface area contributed by atoms with Crippen molar-refractivity contribution in [1.29, 1.82) is 0 Å². The van der Waals surface area contributed by atoms with Crippen molar-refractivity contribution in [2.24, 2.45) is 0 Å². The van der Waals surface area contributed by atoms with Gasteiger partial charge >= 0.3 is 0 Å². The zero-order valence-electron chi connectivity index (χ0n) is 31.4. The fraction of sp³-hybridized carbons (Fsp3) is 0.769. The van der Waals surface area contributed by atoms with Gasteiger partial charge < -0.3 is 28.8 Å². The van der Waals surface area contributed by atoms with E-state index in [-0.39, 0.29) is 12.5 Å². The van der Waals surface area contributed by atoms with E-state index in [2.05, 4.69) is 55.6 Å². The van der Waals surface area contributed by atoms with Gasteiger partial charge in [-0.25, -0.2) is 0 Å². The van der Waals surface area contributed by atoms with Crippen molar-refractivity contribution < 1.29 is 32.9 Å². The Morgan fingerprint density at radius 2 is 1.21 bits per heavy atom. The average Bonchev–Trinajstić information content (AvgIpc) is 3.02. The highest BCUT2D eigenvalue weighted by Gasteiger charge is 2.23. The van der Waals surface area contributed by atoms with Crippen molar-refractivity contribution in [2.75, 3.05) is 40.9 Å². The second-order valence-electron chi connectivity index (χ2n) is 13.9. The van der Waals surface area contributed by atoms with E-state index in [0.717, 1.165) is 51.4 Å². The molecule has 2 N–H and O–H groups in total. The van der Waals surface area contributed by atoms with Gasteiger partial charge in [0.15, 0.2) is 0 Å². The number of allylic oxidation sites excluding steroid dienone is 7. The predicted octanol–water partition coefficient (Wildman–Crippen LogP) is 9.11. The third-order valence-electron chi connectivity index (χ3n) is 7.97. The quantitative estimate of drug-likeness (QED) is 0.0307. The number of amides is 1. The molecule has 48 heavy (non-hydrogen) atoms. The highest BCUT2D eigenvalue weighted by Crippen LogP contribution is 2.38. The zero-order valence-corrected chi connectivity index (χ0v) is 32.3. The summed E-state index contributed by atoms with van der Waals surface area (Å²) in [6.07, 6.45) is 37.3. The van der Waals surface area contributed by atoms with Crippen LogP contribution in [-0.2, 0) is 18.4 Å². The summed E-state index contributed by atoms with van der Waals surface area (Å²) in [6, 6.07) is -0.908. The van der Waals surface area contributed by atoms with Crippen LogP contribution in [0.15, 0.2) is 48.6 Å². The van der Waals surface area contributed by atoms with Gasteiger partial charge in [-0.1, -0.05) is 120 Å². The highest BCUT2D eigenvalue weighted by molar-refractivity contribution is 7.45. The predicted molar refractivity (Wildman–Crippen MR) is 201 cm³/mol. The van der Waals surface area contributed by atoms with Crippen molar-refractivity contribution in [3.8, 4) is 0 Å². The molecular weight excluding hydrogens is 623 g/mol. The van der Waals surface area contributed by atoms with Crippen LogP contribution < -0.4 is 10.2 Å². The summed E-state index contributed by atoms with van der Waals surface area (Å²) in [5.74, 6) is -0.222. The fourth-order valence-corrected chi connectivity index (χ4v) is 5.61. The number of carbonyl (C=O) groups is 1. The Kier molecular flexibility index (Phi) is 30.4. The van der Waals surface area contributed by atoms with Crippen LogP contribution >= 0.6 is 7.82 Å². The molecule has 0 aromatic rings. The van der Waals surface area contributed by atoms with Gasteiger partial charge in [0.05, 0.1) is 39.9 Å². The summed E-state index contributed by atoms with van der Waals surface area (Å²) in [6.45, 7) is 4.49. The zero-order chi connectivity index (χ0) is 35.8.